The van der Waals surface area contributed by atoms with Crippen molar-refractivity contribution in [2.24, 2.45) is 0 Å². The van der Waals surface area contributed by atoms with Crippen molar-refractivity contribution in [2.75, 3.05) is 19.6 Å². The fourth-order valence-electron chi connectivity index (χ4n) is 4.76. The molecule has 2 spiro atoms. The second-order valence-corrected chi connectivity index (χ2v) is 5.91. The van der Waals surface area contributed by atoms with E-state index in [1.807, 2.05) is 0 Å². The fraction of sp³-hybridized carbons (Fsp3) is 1.00. The van der Waals surface area contributed by atoms with Gasteiger partial charge in [0.15, 0.2) is 0 Å². The van der Waals surface area contributed by atoms with Crippen molar-refractivity contribution in [1.29, 1.82) is 0 Å². The Morgan fingerprint density at radius 1 is 0.571 bits per heavy atom. The Morgan fingerprint density at radius 3 is 1.86 bits per heavy atom. The summed E-state index contributed by atoms with van der Waals surface area (Å²) in [5, 5.41) is 0. The summed E-state index contributed by atoms with van der Waals surface area (Å²) in [7, 11) is 0. The topological polar surface area (TPSA) is 0 Å². The molecule has 0 amide bonds. The molecular formula is C13H24N+. The van der Waals surface area contributed by atoms with E-state index in [1.54, 1.807) is 23.7 Å². The van der Waals surface area contributed by atoms with Gasteiger partial charge in [-0.3, -0.25) is 0 Å². The zero-order valence-electron chi connectivity index (χ0n) is 9.43. The van der Waals surface area contributed by atoms with Gasteiger partial charge in [-0.1, -0.05) is 6.42 Å². The summed E-state index contributed by atoms with van der Waals surface area (Å²) < 4.78 is 1.56. The molecule has 0 aromatic heterocycles. The van der Waals surface area contributed by atoms with Gasteiger partial charge < -0.3 is 4.48 Å². The van der Waals surface area contributed by atoms with E-state index in [0.29, 0.717) is 0 Å². The number of rotatable bonds is 0. The molecule has 1 heteroatoms. The Labute approximate surface area is 88.1 Å². The molecule has 1 saturated carbocycles. The lowest BCUT2D eigenvalue weighted by Crippen LogP contribution is -2.59. The molecule has 0 atom stereocenters. The normalized spacial score (nSPS) is 34.3. The molecule has 3 aliphatic rings. The lowest BCUT2D eigenvalue weighted by atomic mass is 9.78. The summed E-state index contributed by atoms with van der Waals surface area (Å²) in [4.78, 5) is 0. The fourth-order valence-corrected chi connectivity index (χ4v) is 4.76. The third-order valence-electron chi connectivity index (χ3n) is 5.44. The first-order valence-corrected chi connectivity index (χ1v) is 6.73. The number of fused-ring (bicyclic) bond motifs is 1. The Bertz CT molecular complexity index is 204. The summed E-state index contributed by atoms with van der Waals surface area (Å²) in [5.41, 5.74) is 0.786. The zero-order chi connectivity index (χ0) is 9.49. The van der Waals surface area contributed by atoms with Crippen LogP contribution < -0.4 is 0 Å². The lowest BCUT2D eigenvalue weighted by molar-refractivity contribution is -0.955. The zero-order valence-corrected chi connectivity index (χ0v) is 9.43. The van der Waals surface area contributed by atoms with Gasteiger partial charge in [0.1, 0.15) is 0 Å². The van der Waals surface area contributed by atoms with Gasteiger partial charge >= 0.3 is 0 Å². The second kappa shape index (κ2) is 3.23. The van der Waals surface area contributed by atoms with Gasteiger partial charge in [0.05, 0.1) is 25.2 Å². The average Bonchev–Trinajstić information content (AvgIpc) is 2.80. The maximum atomic E-state index is 1.56. The van der Waals surface area contributed by atoms with Gasteiger partial charge in [-0.25, -0.2) is 0 Å². The molecule has 2 saturated heterocycles. The maximum absolute atomic E-state index is 1.56. The van der Waals surface area contributed by atoms with Gasteiger partial charge in [0.25, 0.3) is 0 Å². The molecule has 3 fully saturated rings. The second-order valence-electron chi connectivity index (χ2n) is 5.91. The van der Waals surface area contributed by atoms with Crippen LogP contribution >= 0.6 is 0 Å². The van der Waals surface area contributed by atoms with Gasteiger partial charge in [0, 0.05) is 38.5 Å². The first kappa shape index (κ1) is 9.21. The molecule has 0 N–H and O–H groups in total. The number of nitrogens with zero attached hydrogens (tertiary/aromatic N) is 1. The Hall–Kier alpha value is -0.0400. The minimum atomic E-state index is 0.786. The highest BCUT2D eigenvalue weighted by molar-refractivity contribution is 4.90. The SMILES string of the molecule is C1CCC2(CC1)CCC[N+]21CCCC1. The van der Waals surface area contributed by atoms with Crippen LogP contribution in [0.1, 0.15) is 57.8 Å². The average molecular weight is 194 g/mol. The Kier molecular flexibility index (Phi) is 2.12. The number of quaternary nitrogens is 1. The van der Waals surface area contributed by atoms with E-state index < -0.39 is 0 Å². The van der Waals surface area contributed by atoms with Crippen LogP contribution in [0.15, 0.2) is 0 Å². The maximum Gasteiger partial charge on any atom is 0.0994 e. The molecule has 0 aromatic carbocycles. The van der Waals surface area contributed by atoms with Crippen molar-refractivity contribution in [1.82, 2.24) is 0 Å². The first-order valence-electron chi connectivity index (χ1n) is 6.73. The van der Waals surface area contributed by atoms with Crippen LogP contribution in [0.5, 0.6) is 0 Å². The third-order valence-corrected chi connectivity index (χ3v) is 5.44. The van der Waals surface area contributed by atoms with E-state index in [-0.39, 0.29) is 0 Å². The monoisotopic (exact) mass is 194 g/mol. The van der Waals surface area contributed by atoms with Crippen molar-refractivity contribution in [2.45, 2.75) is 63.3 Å². The smallest absolute Gasteiger partial charge is 0.0994 e. The van der Waals surface area contributed by atoms with E-state index in [2.05, 4.69) is 0 Å². The van der Waals surface area contributed by atoms with Crippen LogP contribution in [0.3, 0.4) is 0 Å². The predicted octanol–water partition coefficient (Wildman–Crippen LogP) is 3.09. The van der Waals surface area contributed by atoms with Crippen molar-refractivity contribution in [3.63, 3.8) is 0 Å². The quantitative estimate of drug-likeness (QED) is 0.520. The van der Waals surface area contributed by atoms with Crippen LogP contribution in [0, 0.1) is 0 Å². The van der Waals surface area contributed by atoms with Crippen molar-refractivity contribution < 1.29 is 4.48 Å². The van der Waals surface area contributed by atoms with Crippen molar-refractivity contribution in [3.8, 4) is 0 Å². The summed E-state index contributed by atoms with van der Waals surface area (Å²) in [6.07, 6.45) is 13.8. The lowest BCUT2D eigenvalue weighted by Gasteiger charge is -2.48. The summed E-state index contributed by atoms with van der Waals surface area (Å²) in [6, 6.07) is 0. The van der Waals surface area contributed by atoms with Crippen LogP contribution in [-0.4, -0.2) is 29.7 Å². The first-order chi connectivity index (χ1) is 6.87. The third kappa shape index (κ3) is 1.11. The van der Waals surface area contributed by atoms with Gasteiger partial charge in [-0.05, 0) is 12.8 Å². The van der Waals surface area contributed by atoms with Crippen molar-refractivity contribution >= 4 is 0 Å². The highest BCUT2D eigenvalue weighted by Gasteiger charge is 2.55. The summed E-state index contributed by atoms with van der Waals surface area (Å²) in [5.74, 6) is 0. The minimum Gasteiger partial charge on any atom is -0.319 e. The molecule has 0 bridgehead atoms. The molecule has 3 rings (SSSR count). The Morgan fingerprint density at radius 2 is 1.14 bits per heavy atom. The number of hydrogen-bond acceptors (Lipinski definition) is 0. The molecule has 80 valence electrons. The summed E-state index contributed by atoms with van der Waals surface area (Å²) >= 11 is 0. The molecular weight excluding hydrogens is 170 g/mol. The molecule has 2 heterocycles. The highest BCUT2D eigenvalue weighted by atomic mass is 15.4. The standard InChI is InChI=1S/C13H24N/c1-2-7-13(8-3-1)9-6-12-14(13)10-4-5-11-14/h1-12H2/q+1. The molecule has 2 aliphatic heterocycles. The van der Waals surface area contributed by atoms with Crippen LogP contribution in [0.25, 0.3) is 0 Å². The molecule has 1 aliphatic carbocycles. The predicted molar refractivity (Wildman–Crippen MR) is 59.1 cm³/mol. The summed E-state index contributed by atoms with van der Waals surface area (Å²) in [6.45, 7) is 4.58. The van der Waals surface area contributed by atoms with Crippen LogP contribution in [0.4, 0.5) is 0 Å². The van der Waals surface area contributed by atoms with E-state index in [0.717, 1.165) is 5.54 Å². The Balaban J connectivity index is 1.88. The van der Waals surface area contributed by atoms with Gasteiger partial charge in [-0.2, -0.15) is 0 Å². The molecule has 0 radical (unpaired) electrons. The van der Waals surface area contributed by atoms with E-state index >= 15 is 0 Å². The van der Waals surface area contributed by atoms with Gasteiger partial charge in [-0.15, -0.1) is 0 Å². The largest absolute Gasteiger partial charge is 0.319 e. The van der Waals surface area contributed by atoms with Crippen molar-refractivity contribution in [3.05, 3.63) is 0 Å². The molecule has 0 unspecified atom stereocenters. The van der Waals surface area contributed by atoms with E-state index in [4.69, 9.17) is 0 Å². The molecule has 0 aromatic rings. The van der Waals surface area contributed by atoms with Gasteiger partial charge in [0.2, 0.25) is 0 Å². The molecule has 14 heavy (non-hydrogen) atoms. The van der Waals surface area contributed by atoms with E-state index in [1.165, 1.54) is 58.2 Å². The highest BCUT2D eigenvalue weighted by Crippen LogP contribution is 2.49. The van der Waals surface area contributed by atoms with E-state index in [9.17, 15) is 0 Å². The minimum absolute atomic E-state index is 0.786. The molecule has 1 nitrogen and oxygen atoms in total. The van der Waals surface area contributed by atoms with Crippen LogP contribution in [0.2, 0.25) is 0 Å². The van der Waals surface area contributed by atoms with Crippen LogP contribution in [-0.2, 0) is 0 Å². The number of hydrogen-bond donors (Lipinski definition) is 0.